The average Bonchev–Trinajstić information content (AvgIpc) is 2.63. The van der Waals surface area contributed by atoms with Crippen LogP contribution < -0.4 is 10.9 Å². The standard InChI is InChI=1S/C17H18N6O2/c24-16(22-20-12-14-4-2-8-18-10-14)6-1-7-17(25)23-21-13-15-5-3-9-19-11-15/h2-5,8-13H,1,6-7H2,(H,22,24)(H,23,25)/b20-12+,21-13+. The van der Waals surface area contributed by atoms with Crippen molar-refractivity contribution in [3.63, 3.8) is 0 Å². The van der Waals surface area contributed by atoms with Crippen molar-refractivity contribution in [2.75, 3.05) is 0 Å². The van der Waals surface area contributed by atoms with Crippen molar-refractivity contribution in [1.29, 1.82) is 0 Å². The summed E-state index contributed by atoms with van der Waals surface area (Å²) in [7, 11) is 0. The van der Waals surface area contributed by atoms with E-state index in [0.29, 0.717) is 6.42 Å². The van der Waals surface area contributed by atoms with E-state index in [1.165, 1.54) is 12.4 Å². The third-order valence-corrected chi connectivity index (χ3v) is 2.98. The van der Waals surface area contributed by atoms with Crippen LogP contribution in [0.5, 0.6) is 0 Å². The van der Waals surface area contributed by atoms with Crippen LogP contribution in [0.4, 0.5) is 0 Å². The lowest BCUT2D eigenvalue weighted by molar-refractivity contribution is -0.122. The Kier molecular flexibility index (Phi) is 7.44. The molecule has 128 valence electrons. The second kappa shape index (κ2) is 10.4. The Bertz CT molecular complexity index is 668. The van der Waals surface area contributed by atoms with Crippen molar-refractivity contribution in [2.24, 2.45) is 10.2 Å². The van der Waals surface area contributed by atoms with Gasteiger partial charge in [-0.05, 0) is 18.6 Å². The van der Waals surface area contributed by atoms with Crippen molar-refractivity contribution in [3.05, 3.63) is 60.2 Å². The summed E-state index contributed by atoms with van der Waals surface area (Å²) in [6.07, 6.45) is 10.4. The van der Waals surface area contributed by atoms with Crippen molar-refractivity contribution in [1.82, 2.24) is 20.8 Å². The van der Waals surface area contributed by atoms with E-state index < -0.39 is 0 Å². The van der Waals surface area contributed by atoms with E-state index >= 15 is 0 Å². The number of hydrazone groups is 2. The number of rotatable bonds is 8. The maximum atomic E-state index is 11.6. The highest BCUT2D eigenvalue weighted by Crippen LogP contribution is 1.96. The topological polar surface area (TPSA) is 109 Å². The minimum Gasteiger partial charge on any atom is -0.273 e. The molecule has 2 aromatic heterocycles. The highest BCUT2D eigenvalue weighted by atomic mass is 16.2. The molecule has 25 heavy (non-hydrogen) atoms. The van der Waals surface area contributed by atoms with Gasteiger partial charge in [-0.15, -0.1) is 0 Å². The van der Waals surface area contributed by atoms with Gasteiger partial charge in [0.2, 0.25) is 11.8 Å². The highest BCUT2D eigenvalue weighted by Gasteiger charge is 2.03. The number of nitrogens with zero attached hydrogens (tertiary/aromatic N) is 4. The first-order valence-corrected chi connectivity index (χ1v) is 7.68. The molecule has 0 aliphatic heterocycles. The minimum atomic E-state index is -0.258. The van der Waals surface area contributed by atoms with E-state index in [4.69, 9.17) is 0 Å². The fourth-order valence-electron chi connectivity index (χ4n) is 1.78. The summed E-state index contributed by atoms with van der Waals surface area (Å²) >= 11 is 0. The molecule has 0 aliphatic carbocycles. The molecule has 2 N–H and O–H groups in total. The summed E-state index contributed by atoms with van der Waals surface area (Å²) in [4.78, 5) is 31.1. The highest BCUT2D eigenvalue weighted by molar-refractivity contribution is 5.83. The van der Waals surface area contributed by atoms with Crippen LogP contribution in [0.3, 0.4) is 0 Å². The quantitative estimate of drug-likeness (QED) is 0.557. The molecule has 8 heteroatoms. The van der Waals surface area contributed by atoms with Crippen LogP contribution in [-0.4, -0.2) is 34.2 Å². The van der Waals surface area contributed by atoms with Gasteiger partial charge in [0.25, 0.3) is 0 Å². The number of aromatic nitrogens is 2. The van der Waals surface area contributed by atoms with Crippen LogP contribution in [0.15, 0.2) is 59.3 Å². The average molecular weight is 338 g/mol. The molecule has 0 atom stereocenters. The third-order valence-electron chi connectivity index (χ3n) is 2.98. The molecular formula is C17H18N6O2. The van der Waals surface area contributed by atoms with E-state index in [2.05, 4.69) is 31.0 Å². The van der Waals surface area contributed by atoms with Gasteiger partial charge in [0, 0.05) is 48.8 Å². The number of carbonyl (C=O) groups excluding carboxylic acids is 2. The maximum Gasteiger partial charge on any atom is 0.240 e. The van der Waals surface area contributed by atoms with Gasteiger partial charge in [-0.3, -0.25) is 19.6 Å². The predicted molar refractivity (Wildman–Crippen MR) is 93.8 cm³/mol. The molecule has 0 radical (unpaired) electrons. The molecule has 0 saturated heterocycles. The summed E-state index contributed by atoms with van der Waals surface area (Å²) in [5.74, 6) is -0.515. The van der Waals surface area contributed by atoms with Crippen molar-refractivity contribution >= 4 is 24.2 Å². The monoisotopic (exact) mass is 338 g/mol. The first-order valence-electron chi connectivity index (χ1n) is 7.68. The molecule has 0 saturated carbocycles. The zero-order valence-electron chi connectivity index (χ0n) is 13.5. The molecule has 0 fully saturated rings. The number of pyridine rings is 2. The number of carbonyl (C=O) groups is 2. The van der Waals surface area contributed by atoms with Crippen molar-refractivity contribution in [3.8, 4) is 0 Å². The normalized spacial score (nSPS) is 10.9. The van der Waals surface area contributed by atoms with Crippen LogP contribution in [0.2, 0.25) is 0 Å². The van der Waals surface area contributed by atoms with Gasteiger partial charge < -0.3 is 0 Å². The summed E-state index contributed by atoms with van der Waals surface area (Å²) in [5, 5.41) is 7.66. The van der Waals surface area contributed by atoms with Gasteiger partial charge in [-0.25, -0.2) is 10.9 Å². The summed E-state index contributed by atoms with van der Waals surface area (Å²) in [6, 6.07) is 7.19. The maximum absolute atomic E-state index is 11.6. The Morgan fingerprint density at radius 1 is 0.880 bits per heavy atom. The fraction of sp³-hybridized carbons (Fsp3) is 0.176. The Labute approximate surface area is 145 Å². The molecule has 2 heterocycles. The van der Waals surface area contributed by atoms with E-state index in [-0.39, 0.29) is 24.7 Å². The summed E-state index contributed by atoms with van der Waals surface area (Å²) in [5.41, 5.74) is 6.38. The molecule has 0 unspecified atom stereocenters. The number of nitrogens with one attached hydrogen (secondary N) is 2. The van der Waals surface area contributed by atoms with Crippen LogP contribution in [0, 0.1) is 0 Å². The molecule has 0 spiro atoms. The van der Waals surface area contributed by atoms with Gasteiger partial charge in [0.15, 0.2) is 0 Å². The van der Waals surface area contributed by atoms with E-state index in [1.807, 2.05) is 12.1 Å². The zero-order valence-corrected chi connectivity index (χ0v) is 13.5. The van der Waals surface area contributed by atoms with Gasteiger partial charge in [-0.2, -0.15) is 10.2 Å². The van der Waals surface area contributed by atoms with Crippen LogP contribution >= 0.6 is 0 Å². The lowest BCUT2D eigenvalue weighted by Crippen LogP contribution is -2.20. The zero-order chi connectivity index (χ0) is 17.7. The smallest absolute Gasteiger partial charge is 0.240 e. The second-order valence-electron chi connectivity index (χ2n) is 5.01. The molecular weight excluding hydrogens is 320 g/mol. The minimum absolute atomic E-state index is 0.199. The number of hydrogen-bond acceptors (Lipinski definition) is 6. The first-order chi connectivity index (χ1) is 12.2. The lowest BCUT2D eigenvalue weighted by atomic mass is 10.2. The fourth-order valence-corrected chi connectivity index (χ4v) is 1.78. The molecule has 2 aromatic rings. The summed E-state index contributed by atoms with van der Waals surface area (Å²) in [6.45, 7) is 0. The number of hydrogen-bond donors (Lipinski definition) is 2. The van der Waals surface area contributed by atoms with Crippen LogP contribution in [0.1, 0.15) is 30.4 Å². The van der Waals surface area contributed by atoms with Gasteiger partial charge >= 0.3 is 0 Å². The molecule has 2 amide bonds. The molecule has 0 aromatic carbocycles. The van der Waals surface area contributed by atoms with E-state index in [1.54, 1.807) is 36.9 Å². The third kappa shape index (κ3) is 7.60. The molecule has 0 bridgehead atoms. The van der Waals surface area contributed by atoms with Crippen LogP contribution in [0.25, 0.3) is 0 Å². The Hall–Kier alpha value is -3.42. The largest absolute Gasteiger partial charge is 0.273 e. The van der Waals surface area contributed by atoms with Crippen LogP contribution in [-0.2, 0) is 9.59 Å². The Morgan fingerprint density at radius 2 is 1.36 bits per heavy atom. The lowest BCUT2D eigenvalue weighted by Gasteiger charge is -2.00. The van der Waals surface area contributed by atoms with Gasteiger partial charge in [-0.1, -0.05) is 12.1 Å². The van der Waals surface area contributed by atoms with Gasteiger partial charge in [0.1, 0.15) is 0 Å². The summed E-state index contributed by atoms with van der Waals surface area (Å²) < 4.78 is 0. The molecule has 0 aliphatic rings. The second-order valence-corrected chi connectivity index (χ2v) is 5.01. The Morgan fingerprint density at radius 3 is 1.76 bits per heavy atom. The number of amides is 2. The van der Waals surface area contributed by atoms with E-state index in [0.717, 1.165) is 11.1 Å². The Balaban J connectivity index is 1.59. The van der Waals surface area contributed by atoms with E-state index in [9.17, 15) is 9.59 Å². The van der Waals surface area contributed by atoms with Crippen molar-refractivity contribution < 1.29 is 9.59 Å². The van der Waals surface area contributed by atoms with Gasteiger partial charge in [0.05, 0.1) is 12.4 Å². The molecule has 2 rings (SSSR count). The predicted octanol–water partition coefficient (Wildman–Crippen LogP) is 1.25. The molecule has 8 nitrogen and oxygen atoms in total. The van der Waals surface area contributed by atoms with Crippen molar-refractivity contribution in [2.45, 2.75) is 19.3 Å². The first kappa shape index (κ1) is 17.9. The SMILES string of the molecule is O=C(CCCC(=O)N/N=C/c1cccnc1)N/N=C/c1cccnc1.